The molecule has 0 radical (unpaired) electrons. The number of rotatable bonds is 3. The number of nitrogens with zero attached hydrogens (tertiary/aromatic N) is 5. The molecule has 1 amide bonds. The van der Waals surface area contributed by atoms with E-state index in [-0.39, 0.29) is 6.03 Å². The second-order valence-electron chi connectivity index (χ2n) is 7.60. The van der Waals surface area contributed by atoms with Crippen LogP contribution in [-0.2, 0) is 6.54 Å². The van der Waals surface area contributed by atoms with E-state index in [0.29, 0.717) is 13.1 Å². The standard InChI is InChI=1S/C24H23N5O/c30-24(29-23-12-5-4-11-22(23)25-26-29)28-15-13-27(14-16-28)18-19-7-6-10-21(17-19)20-8-2-1-3-9-20/h1-12,17H,13-16,18H2. The number of benzene rings is 3. The fourth-order valence-corrected chi connectivity index (χ4v) is 3.98. The number of para-hydroxylation sites is 1. The maximum absolute atomic E-state index is 12.9. The van der Waals surface area contributed by atoms with Gasteiger partial charge in [-0.1, -0.05) is 65.9 Å². The predicted molar refractivity (Wildman–Crippen MR) is 117 cm³/mol. The summed E-state index contributed by atoms with van der Waals surface area (Å²) in [7, 11) is 0. The molecule has 3 aromatic carbocycles. The molecular weight excluding hydrogens is 374 g/mol. The molecule has 5 rings (SSSR count). The highest BCUT2D eigenvalue weighted by molar-refractivity contribution is 5.87. The van der Waals surface area contributed by atoms with Crippen molar-refractivity contribution in [1.29, 1.82) is 0 Å². The fourth-order valence-electron chi connectivity index (χ4n) is 3.98. The smallest absolute Gasteiger partial charge is 0.320 e. The van der Waals surface area contributed by atoms with E-state index in [2.05, 4.69) is 63.7 Å². The number of fused-ring (bicyclic) bond motifs is 1. The van der Waals surface area contributed by atoms with Crippen LogP contribution in [-0.4, -0.2) is 57.0 Å². The Morgan fingerprint density at radius 3 is 2.37 bits per heavy atom. The molecular formula is C24H23N5O. The molecule has 1 aliphatic rings. The molecule has 0 aliphatic carbocycles. The van der Waals surface area contributed by atoms with E-state index in [1.54, 1.807) is 0 Å². The zero-order valence-electron chi connectivity index (χ0n) is 16.7. The van der Waals surface area contributed by atoms with Crippen LogP contribution in [0.1, 0.15) is 5.56 Å². The molecule has 0 unspecified atom stereocenters. The first kappa shape index (κ1) is 18.5. The van der Waals surface area contributed by atoms with Gasteiger partial charge < -0.3 is 4.90 Å². The molecule has 30 heavy (non-hydrogen) atoms. The number of hydrogen-bond donors (Lipinski definition) is 0. The SMILES string of the molecule is O=C(N1CCN(Cc2cccc(-c3ccccc3)c2)CC1)n1nnc2ccccc21. The highest BCUT2D eigenvalue weighted by Gasteiger charge is 2.24. The van der Waals surface area contributed by atoms with Gasteiger partial charge in [-0.05, 0) is 34.9 Å². The second-order valence-corrected chi connectivity index (χ2v) is 7.60. The van der Waals surface area contributed by atoms with Gasteiger partial charge in [0.15, 0.2) is 0 Å². The van der Waals surface area contributed by atoms with Crippen molar-refractivity contribution >= 4 is 17.1 Å². The van der Waals surface area contributed by atoms with Gasteiger partial charge >= 0.3 is 6.03 Å². The Kier molecular flexibility index (Phi) is 4.99. The Morgan fingerprint density at radius 1 is 0.800 bits per heavy atom. The van der Waals surface area contributed by atoms with E-state index in [9.17, 15) is 4.79 Å². The van der Waals surface area contributed by atoms with Gasteiger partial charge in [0.1, 0.15) is 5.52 Å². The van der Waals surface area contributed by atoms with Gasteiger partial charge in [-0.25, -0.2) is 4.79 Å². The first-order chi connectivity index (χ1) is 14.8. The van der Waals surface area contributed by atoms with E-state index in [1.165, 1.54) is 21.4 Å². The van der Waals surface area contributed by atoms with Crippen LogP contribution in [0.2, 0.25) is 0 Å². The summed E-state index contributed by atoms with van der Waals surface area (Å²) in [5.74, 6) is 0. The van der Waals surface area contributed by atoms with E-state index in [4.69, 9.17) is 0 Å². The topological polar surface area (TPSA) is 54.3 Å². The molecule has 0 atom stereocenters. The summed E-state index contributed by atoms with van der Waals surface area (Å²) in [6.07, 6.45) is 0. The molecule has 4 aromatic rings. The highest BCUT2D eigenvalue weighted by Crippen LogP contribution is 2.21. The average molecular weight is 397 g/mol. The molecule has 150 valence electrons. The summed E-state index contributed by atoms with van der Waals surface area (Å²) in [5, 5.41) is 8.15. The molecule has 0 N–H and O–H groups in total. The lowest BCUT2D eigenvalue weighted by Gasteiger charge is -2.34. The van der Waals surface area contributed by atoms with Gasteiger partial charge in [0, 0.05) is 32.7 Å². The number of piperazine rings is 1. The lowest BCUT2D eigenvalue weighted by Crippen LogP contribution is -2.49. The van der Waals surface area contributed by atoms with E-state index in [1.807, 2.05) is 35.2 Å². The Bertz CT molecular complexity index is 1160. The molecule has 0 bridgehead atoms. The summed E-state index contributed by atoms with van der Waals surface area (Å²) < 4.78 is 1.41. The average Bonchev–Trinajstić information content (AvgIpc) is 3.24. The van der Waals surface area contributed by atoms with Crippen molar-refractivity contribution in [2.45, 2.75) is 6.54 Å². The van der Waals surface area contributed by atoms with Gasteiger partial charge in [-0.15, -0.1) is 5.10 Å². The summed E-state index contributed by atoms with van der Waals surface area (Å²) in [6, 6.07) is 26.6. The van der Waals surface area contributed by atoms with E-state index < -0.39 is 0 Å². The summed E-state index contributed by atoms with van der Waals surface area (Å²) in [5.41, 5.74) is 5.25. The monoisotopic (exact) mass is 397 g/mol. The van der Waals surface area contributed by atoms with Crippen molar-refractivity contribution in [3.8, 4) is 11.1 Å². The summed E-state index contributed by atoms with van der Waals surface area (Å²) >= 11 is 0. The van der Waals surface area contributed by atoms with Gasteiger partial charge in [0.05, 0.1) is 5.52 Å². The highest BCUT2D eigenvalue weighted by atomic mass is 16.2. The van der Waals surface area contributed by atoms with Crippen molar-refractivity contribution in [2.75, 3.05) is 26.2 Å². The van der Waals surface area contributed by atoms with Crippen LogP contribution >= 0.6 is 0 Å². The Labute approximate surface area is 175 Å². The van der Waals surface area contributed by atoms with Crippen LogP contribution in [0, 0.1) is 0 Å². The van der Waals surface area contributed by atoms with Crippen molar-refractivity contribution in [3.63, 3.8) is 0 Å². The molecule has 1 fully saturated rings. The van der Waals surface area contributed by atoms with Gasteiger partial charge in [-0.3, -0.25) is 4.90 Å². The number of carbonyl (C=O) groups is 1. The normalized spacial score (nSPS) is 14.9. The lowest BCUT2D eigenvalue weighted by atomic mass is 10.0. The largest absolute Gasteiger partial charge is 0.346 e. The quantitative estimate of drug-likeness (QED) is 0.526. The minimum Gasteiger partial charge on any atom is -0.320 e. The van der Waals surface area contributed by atoms with Gasteiger partial charge in [-0.2, -0.15) is 4.68 Å². The van der Waals surface area contributed by atoms with Crippen molar-refractivity contribution in [1.82, 2.24) is 24.8 Å². The first-order valence-corrected chi connectivity index (χ1v) is 10.2. The van der Waals surface area contributed by atoms with Crippen LogP contribution < -0.4 is 0 Å². The molecule has 6 heteroatoms. The maximum Gasteiger partial charge on any atom is 0.346 e. The third-order valence-electron chi connectivity index (χ3n) is 5.62. The molecule has 2 heterocycles. The predicted octanol–water partition coefficient (Wildman–Crippen LogP) is 3.88. The van der Waals surface area contributed by atoms with Gasteiger partial charge in [0.25, 0.3) is 0 Å². The third kappa shape index (κ3) is 3.69. The molecule has 1 aromatic heterocycles. The molecule has 1 aliphatic heterocycles. The summed E-state index contributed by atoms with van der Waals surface area (Å²) in [6.45, 7) is 3.94. The van der Waals surface area contributed by atoms with E-state index >= 15 is 0 Å². The van der Waals surface area contributed by atoms with Crippen molar-refractivity contribution in [3.05, 3.63) is 84.4 Å². The second kappa shape index (κ2) is 8.08. The molecule has 1 saturated heterocycles. The van der Waals surface area contributed by atoms with Crippen LogP contribution in [0.15, 0.2) is 78.9 Å². The van der Waals surface area contributed by atoms with Gasteiger partial charge in [0.2, 0.25) is 0 Å². The molecule has 0 saturated carbocycles. The van der Waals surface area contributed by atoms with Crippen molar-refractivity contribution in [2.24, 2.45) is 0 Å². The third-order valence-corrected chi connectivity index (χ3v) is 5.62. The van der Waals surface area contributed by atoms with Crippen LogP contribution in [0.4, 0.5) is 4.79 Å². The zero-order valence-corrected chi connectivity index (χ0v) is 16.7. The minimum atomic E-state index is -0.102. The number of aromatic nitrogens is 3. The first-order valence-electron chi connectivity index (χ1n) is 10.2. The van der Waals surface area contributed by atoms with Crippen LogP contribution in [0.5, 0.6) is 0 Å². The van der Waals surface area contributed by atoms with Crippen LogP contribution in [0.25, 0.3) is 22.2 Å². The fraction of sp³-hybridized carbons (Fsp3) is 0.208. The Morgan fingerprint density at radius 2 is 1.53 bits per heavy atom. The number of amides is 1. The Hall–Kier alpha value is -3.51. The number of carbonyl (C=O) groups excluding carboxylic acids is 1. The minimum absolute atomic E-state index is 0.102. The Balaban J connectivity index is 1.23. The van der Waals surface area contributed by atoms with Crippen molar-refractivity contribution < 1.29 is 4.79 Å². The number of hydrogen-bond acceptors (Lipinski definition) is 4. The molecule has 6 nitrogen and oxygen atoms in total. The van der Waals surface area contributed by atoms with Crippen LogP contribution in [0.3, 0.4) is 0 Å². The zero-order chi connectivity index (χ0) is 20.3. The maximum atomic E-state index is 12.9. The van der Waals surface area contributed by atoms with E-state index in [0.717, 1.165) is 30.7 Å². The molecule has 0 spiro atoms. The summed E-state index contributed by atoms with van der Waals surface area (Å²) in [4.78, 5) is 17.2. The lowest BCUT2D eigenvalue weighted by molar-refractivity contribution is 0.135.